The van der Waals surface area contributed by atoms with Gasteiger partial charge in [-0.15, -0.1) is 0 Å². The lowest BCUT2D eigenvalue weighted by atomic mass is 9.32. The maximum atomic E-state index is 12.3. The summed E-state index contributed by atoms with van der Waals surface area (Å²) in [7, 11) is 0. The number of rotatable bonds is 9. The zero-order valence-electron chi connectivity index (χ0n) is 39.8. The van der Waals surface area contributed by atoms with Crippen molar-refractivity contribution < 1.29 is 94.4 Å². The highest BCUT2D eigenvalue weighted by atomic mass is 16.8. The van der Waals surface area contributed by atoms with Crippen molar-refractivity contribution in [3.63, 3.8) is 0 Å². The van der Waals surface area contributed by atoms with Gasteiger partial charge in [0.1, 0.15) is 67.1 Å². The largest absolute Gasteiger partial charge is 0.396 e. The highest BCUT2D eigenvalue weighted by Gasteiger charge is 2.80. The first-order valence-corrected chi connectivity index (χ1v) is 24.6. The summed E-state index contributed by atoms with van der Waals surface area (Å²) in [5, 5.41) is 131. The van der Waals surface area contributed by atoms with Gasteiger partial charge in [0.05, 0.1) is 56.4 Å². The Morgan fingerprint density at radius 1 is 0.597 bits per heavy atom. The molecule has 9 aliphatic rings. The average Bonchev–Trinajstić information content (AvgIpc) is 3.55. The molecule has 0 aromatic carbocycles. The van der Waals surface area contributed by atoms with E-state index in [1.54, 1.807) is 6.92 Å². The Labute approximate surface area is 391 Å². The molecule has 0 aromatic rings. The van der Waals surface area contributed by atoms with Crippen LogP contribution < -0.4 is 0 Å². The maximum Gasteiger partial charge on any atom is 0.187 e. The molecule has 0 radical (unpaired) electrons. The lowest BCUT2D eigenvalue weighted by molar-refractivity contribution is -0.398. The number of ether oxygens (including phenoxy) is 7. The van der Waals surface area contributed by atoms with E-state index in [4.69, 9.17) is 33.2 Å². The first-order chi connectivity index (χ1) is 31.3. The number of allylic oxidation sites excluding steroid dienone is 1. The molecule has 5 aliphatic carbocycles. The fourth-order valence-corrected chi connectivity index (χ4v) is 15.8. The zero-order valence-corrected chi connectivity index (χ0v) is 39.8. The third-order valence-corrected chi connectivity index (χ3v) is 20.2. The van der Waals surface area contributed by atoms with E-state index >= 15 is 0 Å². The summed E-state index contributed by atoms with van der Waals surface area (Å²) >= 11 is 0. The van der Waals surface area contributed by atoms with Gasteiger partial charge in [0, 0.05) is 22.2 Å². The van der Waals surface area contributed by atoms with Crippen LogP contribution in [-0.2, 0) is 33.2 Å². The Hall–Kier alpha value is -1.02. The first-order valence-electron chi connectivity index (χ1n) is 24.6. The number of aliphatic hydroxyl groups is 12. The normalized spacial score (nSPS) is 59.2. The molecule has 4 aliphatic heterocycles. The number of fused-ring (bicyclic) bond motifs is 4. The van der Waals surface area contributed by atoms with Gasteiger partial charge < -0.3 is 94.4 Å². The van der Waals surface area contributed by atoms with Crippen LogP contribution in [0.1, 0.15) is 93.4 Å². The van der Waals surface area contributed by atoms with Gasteiger partial charge in [0.25, 0.3) is 0 Å². The highest BCUT2D eigenvalue weighted by molar-refractivity contribution is 5.36. The molecule has 0 amide bonds. The molecule has 0 aromatic heterocycles. The molecule has 1 spiro atoms. The van der Waals surface area contributed by atoms with Gasteiger partial charge in [0.2, 0.25) is 0 Å². The topological polar surface area (TPSA) is 307 Å². The lowest BCUT2D eigenvalue weighted by Crippen LogP contribution is -2.73. The second-order valence-electron chi connectivity index (χ2n) is 23.8. The van der Waals surface area contributed by atoms with E-state index in [0.717, 1.165) is 12.8 Å². The molecule has 384 valence electrons. The van der Waals surface area contributed by atoms with Crippen LogP contribution >= 0.6 is 0 Å². The Morgan fingerprint density at radius 3 is 1.78 bits per heavy atom. The molecular weight excluding hydrogens is 881 g/mol. The van der Waals surface area contributed by atoms with Gasteiger partial charge in [-0.25, -0.2) is 0 Å². The van der Waals surface area contributed by atoms with Crippen molar-refractivity contribution in [2.24, 2.45) is 50.2 Å². The fourth-order valence-electron chi connectivity index (χ4n) is 15.8. The minimum absolute atomic E-state index is 0.00646. The predicted molar refractivity (Wildman–Crippen MR) is 231 cm³/mol. The molecular formula is C48H78O19. The van der Waals surface area contributed by atoms with Crippen LogP contribution in [0.3, 0.4) is 0 Å². The van der Waals surface area contributed by atoms with Crippen molar-refractivity contribution in [1.82, 2.24) is 0 Å². The van der Waals surface area contributed by atoms with Crippen molar-refractivity contribution in [2.75, 3.05) is 26.4 Å². The third-order valence-electron chi connectivity index (χ3n) is 20.2. The Kier molecular flexibility index (Phi) is 13.1. The smallest absolute Gasteiger partial charge is 0.187 e. The summed E-state index contributed by atoms with van der Waals surface area (Å²) < 4.78 is 44.3. The van der Waals surface area contributed by atoms with E-state index in [0.29, 0.717) is 38.7 Å². The molecule has 19 heteroatoms. The van der Waals surface area contributed by atoms with E-state index in [1.165, 1.54) is 0 Å². The zero-order chi connectivity index (χ0) is 48.8. The molecule has 12 N–H and O–H groups in total. The van der Waals surface area contributed by atoms with Crippen molar-refractivity contribution >= 4 is 0 Å². The second kappa shape index (κ2) is 17.3. The highest BCUT2D eigenvalue weighted by Crippen LogP contribution is 2.79. The molecule has 19 nitrogen and oxygen atoms in total. The lowest BCUT2D eigenvalue weighted by Gasteiger charge is -2.73. The Morgan fingerprint density at radius 2 is 1.19 bits per heavy atom. The van der Waals surface area contributed by atoms with Gasteiger partial charge in [0.15, 0.2) is 18.9 Å². The summed E-state index contributed by atoms with van der Waals surface area (Å²) in [5.41, 5.74) is -3.65. The fraction of sp³-hybridized carbons (Fsp3) is 0.958. The predicted octanol–water partition coefficient (Wildman–Crippen LogP) is -1.43. The van der Waals surface area contributed by atoms with Gasteiger partial charge in [-0.1, -0.05) is 53.7 Å². The summed E-state index contributed by atoms with van der Waals surface area (Å²) in [4.78, 5) is 0. The monoisotopic (exact) mass is 959 g/mol. The summed E-state index contributed by atoms with van der Waals surface area (Å²) in [6.07, 6.45) is -17.4. The molecule has 9 rings (SSSR count). The molecule has 27 atom stereocenters. The summed E-state index contributed by atoms with van der Waals surface area (Å²) in [6.45, 7) is 13.3. The van der Waals surface area contributed by atoms with E-state index in [-0.39, 0.29) is 40.6 Å². The summed E-state index contributed by atoms with van der Waals surface area (Å²) in [6, 6.07) is 0. The standard InChI is InChI=1S/C48H78O19/c1-21-30(54)37(66-39-35(59)33(57)31(55)22(17-49)63-39)38(67-40-36(60)34(58)32(56)23(18-50)64-40)41(62-21)65-29-10-11-43(4)24(44(29,5)19-51)8-12-45(6)25(43)9-13-48-26-14-42(2,3)27(52)16-47(26,20-61-48)28(53)15-46(45,48)7/h9,13,21-41,49-60H,8,10-12,14-20H2,1-7H3/t21-,22-,23-,24?,25-,26-,27+,28+,29+,30+,31-,32-,33+,34+,35-,36-,37+,38-,39+,40+,41+,43+,44+,45-,46+,47-,48+/m1/s1. The van der Waals surface area contributed by atoms with Crippen molar-refractivity contribution in [2.45, 2.75) is 209 Å². The van der Waals surface area contributed by atoms with Crippen LogP contribution in [0.5, 0.6) is 0 Å². The minimum atomic E-state index is -1.89. The van der Waals surface area contributed by atoms with Crippen LogP contribution in [0.25, 0.3) is 0 Å². The van der Waals surface area contributed by atoms with Gasteiger partial charge in [-0.2, -0.15) is 0 Å². The van der Waals surface area contributed by atoms with Crippen LogP contribution in [0, 0.1) is 50.2 Å². The number of hydrogen-bond donors (Lipinski definition) is 12. The second-order valence-corrected chi connectivity index (χ2v) is 23.8. The molecule has 4 saturated heterocycles. The SMILES string of the molecule is C[C@H]1O[C@@H](O[C@H]2CC[C@@]3(C)C(CC[C@]4(C)[C@@H]3C=C[C@]35OC[C@@]6(C[C@H](O)C(C)(C)C[C@H]63)[C@@H](O)C[C@]54C)[C@]2(C)CO)[C@H](O[C@@H]2O[C@H](CO)[C@@H](O)[C@H](O)[C@H]2O)[C@@H](O[C@@H]2O[C@H](CO)[C@@H](O)[C@H](O)[C@H]2O)[C@H]1O. The van der Waals surface area contributed by atoms with Crippen molar-refractivity contribution in [3.05, 3.63) is 12.2 Å². The van der Waals surface area contributed by atoms with Crippen molar-refractivity contribution in [3.8, 4) is 0 Å². The molecule has 2 bridgehead atoms. The van der Waals surface area contributed by atoms with E-state index in [9.17, 15) is 61.3 Å². The van der Waals surface area contributed by atoms with E-state index in [1.807, 2.05) is 6.92 Å². The van der Waals surface area contributed by atoms with Crippen LogP contribution in [0.15, 0.2) is 12.2 Å². The number of hydrogen-bond acceptors (Lipinski definition) is 19. The van der Waals surface area contributed by atoms with Crippen molar-refractivity contribution in [1.29, 1.82) is 0 Å². The number of aliphatic hydroxyl groups excluding tert-OH is 12. The van der Waals surface area contributed by atoms with Crippen LogP contribution in [0.2, 0.25) is 0 Å². The quantitative estimate of drug-likeness (QED) is 0.0932. The first kappa shape index (κ1) is 50.9. The Balaban J connectivity index is 1.03. The van der Waals surface area contributed by atoms with Crippen LogP contribution in [-0.4, -0.2) is 204 Å². The molecule has 4 saturated carbocycles. The average molecular weight is 959 g/mol. The van der Waals surface area contributed by atoms with Gasteiger partial charge in [-0.3, -0.25) is 0 Å². The molecule has 1 unspecified atom stereocenters. The Bertz CT molecular complexity index is 1840. The van der Waals surface area contributed by atoms with Gasteiger partial charge in [-0.05, 0) is 80.0 Å². The summed E-state index contributed by atoms with van der Waals surface area (Å²) in [5.74, 6) is -0.101. The van der Waals surface area contributed by atoms with E-state index in [2.05, 4.69) is 46.8 Å². The molecule has 67 heavy (non-hydrogen) atoms. The van der Waals surface area contributed by atoms with Gasteiger partial charge >= 0.3 is 0 Å². The third kappa shape index (κ3) is 7.14. The van der Waals surface area contributed by atoms with Crippen LogP contribution in [0.4, 0.5) is 0 Å². The minimum Gasteiger partial charge on any atom is -0.396 e. The maximum absolute atomic E-state index is 12.3. The van der Waals surface area contributed by atoms with E-state index < -0.39 is 145 Å². The molecule has 8 fully saturated rings. The molecule has 4 heterocycles.